The number of rotatable bonds is 1. The first-order valence-electron chi connectivity index (χ1n) is 8.33. The Labute approximate surface area is 136 Å². The number of aromatic nitrogens is 1. The Hall–Kier alpha value is -1.41. The Morgan fingerprint density at radius 1 is 1.09 bits per heavy atom. The van der Waals surface area contributed by atoms with E-state index in [4.69, 9.17) is 16.3 Å². The summed E-state index contributed by atoms with van der Waals surface area (Å²) >= 11 is 6.20. The second kappa shape index (κ2) is 5.34. The number of nitrogens with zero attached hydrogens (tertiary/aromatic N) is 1. The summed E-state index contributed by atoms with van der Waals surface area (Å²) < 4.78 is 8.74. The van der Waals surface area contributed by atoms with E-state index >= 15 is 0 Å². The smallest absolute Gasteiger partial charge is 0.187 e. The third-order valence-electron chi connectivity index (χ3n) is 5.08. The molecule has 0 amide bonds. The number of hydrogen-bond acceptors (Lipinski definition) is 1. The average molecular weight is 316 g/mol. The zero-order chi connectivity index (χ0) is 15.2. The van der Waals surface area contributed by atoms with Crippen LogP contribution in [-0.4, -0.2) is 4.57 Å². The van der Waals surface area contributed by atoms with Crippen molar-refractivity contribution in [2.75, 3.05) is 0 Å². The van der Waals surface area contributed by atoms with Crippen LogP contribution < -0.4 is 0 Å². The topological polar surface area (TPSA) is 14.2 Å². The molecule has 0 bridgehead atoms. The molecule has 0 spiro atoms. The van der Waals surface area contributed by atoms with Gasteiger partial charge in [0.2, 0.25) is 0 Å². The van der Waals surface area contributed by atoms with Gasteiger partial charge in [-0.05, 0) is 55.3 Å². The summed E-state index contributed by atoms with van der Waals surface area (Å²) in [6, 6.07) is 8.22. The van der Waals surface area contributed by atoms with E-state index in [1.54, 1.807) is 0 Å². The summed E-state index contributed by atoms with van der Waals surface area (Å²) in [7, 11) is 0. The normalized spacial score (nSPS) is 25.7. The number of halogens is 1. The maximum atomic E-state index is 6.48. The monoisotopic (exact) mass is 315 g/mol. The molecule has 0 radical (unpaired) electrons. The van der Waals surface area contributed by atoms with Crippen LogP contribution in [0.3, 0.4) is 0 Å². The van der Waals surface area contributed by atoms with Crippen LogP contribution in [0.2, 0.25) is 5.02 Å². The van der Waals surface area contributed by atoms with Crippen molar-refractivity contribution in [2.24, 2.45) is 0 Å². The van der Waals surface area contributed by atoms with Gasteiger partial charge in [-0.25, -0.2) is 0 Å². The molecule has 2 aromatic rings. The molecule has 1 aromatic carbocycles. The first-order valence-corrected chi connectivity index (χ1v) is 8.70. The fraction of sp³-hybridized carbons (Fsp3) is 0.474. The van der Waals surface area contributed by atoms with Gasteiger partial charge in [0, 0.05) is 24.1 Å². The molecule has 0 unspecified atom stereocenters. The molecule has 1 aromatic heterocycles. The second-order valence-corrected chi connectivity index (χ2v) is 7.22. The minimum atomic E-state index is -0.304. The predicted octanol–water partition coefficient (Wildman–Crippen LogP) is 6.00. The van der Waals surface area contributed by atoms with Crippen molar-refractivity contribution in [3.8, 4) is 0 Å². The van der Waals surface area contributed by atoms with Crippen molar-refractivity contribution in [1.82, 2.24) is 4.57 Å². The van der Waals surface area contributed by atoms with Gasteiger partial charge in [-0.2, -0.15) is 0 Å². The van der Waals surface area contributed by atoms with Crippen LogP contribution in [0.5, 0.6) is 0 Å². The van der Waals surface area contributed by atoms with Gasteiger partial charge in [0.05, 0.1) is 11.3 Å². The number of ether oxygens (including phenoxy) is 1. The molecule has 2 aliphatic rings. The first-order chi connectivity index (χ1) is 10.7. The number of benzene rings is 1. The van der Waals surface area contributed by atoms with Gasteiger partial charge in [0.25, 0.3) is 0 Å². The maximum Gasteiger partial charge on any atom is 0.187 e. The van der Waals surface area contributed by atoms with Gasteiger partial charge in [-0.3, -0.25) is 0 Å². The summed E-state index contributed by atoms with van der Waals surface area (Å²) in [6.45, 7) is 2.21. The lowest BCUT2D eigenvalue weighted by Gasteiger charge is -2.28. The van der Waals surface area contributed by atoms with Gasteiger partial charge in [-0.1, -0.05) is 30.5 Å². The molecule has 3 heteroatoms. The highest BCUT2D eigenvalue weighted by molar-refractivity contribution is 6.31. The highest BCUT2D eigenvalue weighted by atomic mass is 35.5. The molecule has 1 aliphatic carbocycles. The van der Waals surface area contributed by atoms with Crippen LogP contribution in [0.15, 0.2) is 41.8 Å². The number of allylic oxidation sites excluding steroid dienone is 1. The lowest BCUT2D eigenvalue weighted by atomic mass is 9.95. The predicted molar refractivity (Wildman–Crippen MR) is 91.0 cm³/mol. The molecule has 0 saturated carbocycles. The zero-order valence-corrected chi connectivity index (χ0v) is 13.8. The Bertz CT molecular complexity index is 723. The summed E-state index contributed by atoms with van der Waals surface area (Å²) in [5.41, 5.74) is 2.39. The van der Waals surface area contributed by atoms with Crippen molar-refractivity contribution in [3.63, 3.8) is 0 Å². The van der Waals surface area contributed by atoms with E-state index in [-0.39, 0.29) is 5.72 Å². The molecular weight excluding hydrogens is 294 g/mol. The third kappa shape index (κ3) is 2.34. The van der Waals surface area contributed by atoms with Gasteiger partial charge in [0.15, 0.2) is 5.72 Å². The van der Waals surface area contributed by atoms with E-state index in [0.29, 0.717) is 0 Å². The molecule has 22 heavy (non-hydrogen) atoms. The molecule has 2 nitrogen and oxygen atoms in total. The van der Waals surface area contributed by atoms with Crippen LogP contribution >= 0.6 is 11.6 Å². The first kappa shape index (κ1) is 14.2. The largest absolute Gasteiger partial charge is 0.472 e. The van der Waals surface area contributed by atoms with Crippen molar-refractivity contribution >= 4 is 22.5 Å². The van der Waals surface area contributed by atoms with E-state index in [1.807, 2.05) is 12.1 Å². The zero-order valence-electron chi connectivity index (χ0n) is 13.1. The Morgan fingerprint density at radius 2 is 1.91 bits per heavy atom. The Morgan fingerprint density at radius 3 is 2.77 bits per heavy atom. The summed E-state index contributed by atoms with van der Waals surface area (Å²) in [4.78, 5) is 0. The van der Waals surface area contributed by atoms with Crippen molar-refractivity contribution in [1.29, 1.82) is 0 Å². The van der Waals surface area contributed by atoms with E-state index in [0.717, 1.165) is 23.4 Å². The van der Waals surface area contributed by atoms with E-state index < -0.39 is 0 Å². The fourth-order valence-electron chi connectivity index (χ4n) is 3.95. The minimum Gasteiger partial charge on any atom is -0.472 e. The average Bonchev–Trinajstić information content (AvgIpc) is 3.01. The maximum absolute atomic E-state index is 6.48. The van der Waals surface area contributed by atoms with Crippen molar-refractivity contribution in [2.45, 2.75) is 57.6 Å². The van der Waals surface area contributed by atoms with Crippen molar-refractivity contribution < 1.29 is 4.74 Å². The fourth-order valence-corrected chi connectivity index (χ4v) is 4.12. The van der Waals surface area contributed by atoms with Gasteiger partial charge in [-0.15, -0.1) is 0 Å². The molecular formula is C19H22ClNO. The van der Waals surface area contributed by atoms with Gasteiger partial charge in [0.1, 0.15) is 0 Å². The van der Waals surface area contributed by atoms with Crippen LogP contribution in [0.25, 0.3) is 10.9 Å². The molecule has 0 N–H and O–H groups in total. The quantitative estimate of drug-likeness (QED) is 0.630. The Balaban J connectivity index is 1.71. The van der Waals surface area contributed by atoms with E-state index in [1.165, 1.54) is 48.8 Å². The summed E-state index contributed by atoms with van der Waals surface area (Å²) in [5.74, 6) is 1.26. The number of fused-ring (bicyclic) bond motifs is 1. The molecule has 2 heterocycles. The van der Waals surface area contributed by atoms with Crippen molar-refractivity contribution in [3.05, 3.63) is 46.8 Å². The Kier molecular flexibility index (Phi) is 3.45. The lowest BCUT2D eigenvalue weighted by Crippen LogP contribution is -2.29. The molecule has 0 fully saturated rings. The molecule has 4 rings (SSSR count). The highest BCUT2D eigenvalue weighted by Crippen LogP contribution is 2.44. The van der Waals surface area contributed by atoms with E-state index in [2.05, 4.69) is 29.8 Å². The molecule has 0 saturated heterocycles. The van der Waals surface area contributed by atoms with Crippen LogP contribution in [0, 0.1) is 0 Å². The molecule has 1 aliphatic heterocycles. The van der Waals surface area contributed by atoms with Gasteiger partial charge >= 0.3 is 0 Å². The lowest BCUT2D eigenvalue weighted by molar-refractivity contribution is -0.0272. The molecule has 1 atom stereocenters. The minimum absolute atomic E-state index is 0.304. The highest BCUT2D eigenvalue weighted by Gasteiger charge is 2.38. The SMILES string of the molecule is C[C@]1(n2ccc3ccc(Cl)cc32)CC2=C(CCCCCC2)O1. The van der Waals surface area contributed by atoms with Crippen LogP contribution in [0.4, 0.5) is 0 Å². The number of hydrogen-bond donors (Lipinski definition) is 0. The standard InChI is InChI=1S/C19H22ClNO/c1-19(13-15-6-4-2-3-5-7-18(15)22-19)21-11-10-14-8-9-16(20)12-17(14)21/h8-12H,2-7,13H2,1H3/t19-/m1/s1. The third-order valence-corrected chi connectivity index (χ3v) is 5.31. The van der Waals surface area contributed by atoms with Crippen LogP contribution in [-0.2, 0) is 10.5 Å². The second-order valence-electron chi connectivity index (χ2n) is 6.78. The van der Waals surface area contributed by atoms with E-state index in [9.17, 15) is 0 Å². The summed E-state index contributed by atoms with van der Waals surface area (Å²) in [6.07, 6.45) is 10.7. The summed E-state index contributed by atoms with van der Waals surface area (Å²) in [5, 5.41) is 1.99. The molecule has 116 valence electrons. The van der Waals surface area contributed by atoms with Gasteiger partial charge < -0.3 is 9.30 Å². The van der Waals surface area contributed by atoms with Crippen LogP contribution in [0.1, 0.15) is 51.9 Å².